The quantitative estimate of drug-likeness (QED) is 0.757. The predicted molar refractivity (Wildman–Crippen MR) is 54.4 cm³/mol. The standard InChI is InChI=1S/C10H6F2N2OS/c1-5-2-3-6(9(12)8(5)11)10(15)7-4-13-14-16-7/h2-4H,1H3. The molecule has 0 unspecified atom stereocenters. The zero-order chi connectivity index (χ0) is 11.7. The minimum Gasteiger partial charge on any atom is -0.287 e. The first kappa shape index (κ1) is 10.8. The van der Waals surface area contributed by atoms with E-state index in [2.05, 4.69) is 9.59 Å². The second-order valence-corrected chi connectivity index (χ2v) is 3.95. The third-order valence-electron chi connectivity index (χ3n) is 2.11. The first-order valence-corrected chi connectivity index (χ1v) is 5.15. The van der Waals surface area contributed by atoms with Crippen LogP contribution in [0.25, 0.3) is 0 Å². The molecule has 0 spiro atoms. The van der Waals surface area contributed by atoms with Crippen molar-refractivity contribution in [1.29, 1.82) is 0 Å². The van der Waals surface area contributed by atoms with Gasteiger partial charge < -0.3 is 0 Å². The lowest BCUT2D eigenvalue weighted by molar-refractivity contribution is 0.103. The summed E-state index contributed by atoms with van der Waals surface area (Å²) in [7, 11) is 0. The monoisotopic (exact) mass is 240 g/mol. The van der Waals surface area contributed by atoms with Gasteiger partial charge in [0.1, 0.15) is 4.88 Å². The Morgan fingerprint density at radius 2 is 2.06 bits per heavy atom. The van der Waals surface area contributed by atoms with Gasteiger partial charge in [0.15, 0.2) is 11.6 Å². The van der Waals surface area contributed by atoms with Crippen LogP contribution in [0.2, 0.25) is 0 Å². The molecule has 1 aromatic heterocycles. The summed E-state index contributed by atoms with van der Waals surface area (Å²) < 4.78 is 30.2. The summed E-state index contributed by atoms with van der Waals surface area (Å²) in [5.41, 5.74) is -0.134. The maximum atomic E-state index is 13.5. The topological polar surface area (TPSA) is 42.9 Å². The number of aromatic nitrogens is 2. The number of carbonyl (C=O) groups is 1. The highest BCUT2D eigenvalue weighted by atomic mass is 32.1. The van der Waals surface area contributed by atoms with E-state index < -0.39 is 17.4 Å². The number of halogens is 2. The third kappa shape index (κ3) is 1.71. The molecule has 2 rings (SSSR count). The van der Waals surface area contributed by atoms with Gasteiger partial charge in [0, 0.05) is 0 Å². The number of hydrogen-bond donors (Lipinski definition) is 0. The second kappa shape index (κ2) is 4.05. The summed E-state index contributed by atoms with van der Waals surface area (Å²) in [4.78, 5) is 11.9. The minimum atomic E-state index is -1.13. The molecular weight excluding hydrogens is 234 g/mol. The molecule has 0 atom stereocenters. The van der Waals surface area contributed by atoms with E-state index in [0.29, 0.717) is 0 Å². The molecule has 0 saturated carbocycles. The van der Waals surface area contributed by atoms with Crippen LogP contribution in [0.4, 0.5) is 8.78 Å². The number of aryl methyl sites for hydroxylation is 1. The Kier molecular flexibility index (Phi) is 2.74. The molecule has 0 radical (unpaired) electrons. The molecule has 82 valence electrons. The highest BCUT2D eigenvalue weighted by molar-refractivity contribution is 7.08. The first-order chi connectivity index (χ1) is 7.61. The van der Waals surface area contributed by atoms with Gasteiger partial charge in [0.2, 0.25) is 5.78 Å². The van der Waals surface area contributed by atoms with E-state index in [1.165, 1.54) is 25.3 Å². The maximum Gasteiger partial charge on any atom is 0.209 e. The molecule has 0 aliphatic carbocycles. The Hall–Kier alpha value is -1.69. The summed E-state index contributed by atoms with van der Waals surface area (Å²) in [6.07, 6.45) is 1.23. The highest BCUT2D eigenvalue weighted by Gasteiger charge is 2.19. The molecule has 1 heterocycles. The van der Waals surface area contributed by atoms with Crippen LogP contribution in [-0.2, 0) is 0 Å². The molecule has 0 bridgehead atoms. The Morgan fingerprint density at radius 3 is 2.69 bits per heavy atom. The van der Waals surface area contributed by atoms with E-state index in [-0.39, 0.29) is 16.0 Å². The number of ketones is 1. The van der Waals surface area contributed by atoms with Crippen LogP contribution < -0.4 is 0 Å². The lowest BCUT2D eigenvalue weighted by Gasteiger charge is -2.02. The van der Waals surface area contributed by atoms with Crippen molar-refractivity contribution < 1.29 is 13.6 Å². The zero-order valence-electron chi connectivity index (χ0n) is 8.20. The molecule has 0 N–H and O–H groups in total. The van der Waals surface area contributed by atoms with Crippen LogP contribution in [0, 0.1) is 18.6 Å². The number of rotatable bonds is 2. The van der Waals surface area contributed by atoms with Gasteiger partial charge in [-0.25, -0.2) is 8.78 Å². The Labute approximate surface area is 93.9 Å². The van der Waals surface area contributed by atoms with Crippen molar-refractivity contribution in [2.45, 2.75) is 6.92 Å². The molecule has 16 heavy (non-hydrogen) atoms. The van der Waals surface area contributed by atoms with Gasteiger partial charge in [-0.1, -0.05) is 10.6 Å². The van der Waals surface area contributed by atoms with Crippen LogP contribution in [-0.4, -0.2) is 15.4 Å². The lowest BCUT2D eigenvalue weighted by Crippen LogP contribution is -2.05. The van der Waals surface area contributed by atoms with Crippen LogP contribution in [0.1, 0.15) is 20.8 Å². The minimum absolute atomic E-state index is 0.163. The first-order valence-electron chi connectivity index (χ1n) is 4.38. The van der Waals surface area contributed by atoms with Crippen LogP contribution >= 0.6 is 11.5 Å². The Balaban J connectivity index is 2.50. The predicted octanol–water partition coefficient (Wildman–Crippen LogP) is 2.36. The summed E-state index contributed by atoms with van der Waals surface area (Å²) >= 11 is 0.845. The van der Waals surface area contributed by atoms with Crippen molar-refractivity contribution in [3.63, 3.8) is 0 Å². The van der Waals surface area contributed by atoms with Crippen molar-refractivity contribution in [2.24, 2.45) is 0 Å². The zero-order valence-corrected chi connectivity index (χ0v) is 9.02. The number of carbonyl (C=O) groups excluding carboxylic acids is 1. The average molecular weight is 240 g/mol. The molecule has 0 saturated heterocycles. The van der Waals surface area contributed by atoms with Gasteiger partial charge in [-0.15, -0.1) is 5.10 Å². The summed E-state index contributed by atoms with van der Waals surface area (Å²) in [5, 5.41) is 3.47. The van der Waals surface area contributed by atoms with Crippen molar-refractivity contribution >= 4 is 17.3 Å². The molecule has 0 aliphatic heterocycles. The maximum absolute atomic E-state index is 13.5. The molecule has 1 aromatic carbocycles. The Morgan fingerprint density at radius 1 is 1.31 bits per heavy atom. The highest BCUT2D eigenvalue weighted by Crippen LogP contribution is 2.19. The fourth-order valence-electron chi connectivity index (χ4n) is 1.22. The molecule has 3 nitrogen and oxygen atoms in total. The molecule has 0 fully saturated rings. The van der Waals surface area contributed by atoms with E-state index in [1.807, 2.05) is 0 Å². The fraction of sp³-hybridized carbons (Fsp3) is 0.100. The van der Waals surface area contributed by atoms with Crippen molar-refractivity contribution in [3.8, 4) is 0 Å². The fourth-order valence-corrected chi connectivity index (χ4v) is 1.69. The van der Waals surface area contributed by atoms with E-state index in [9.17, 15) is 13.6 Å². The van der Waals surface area contributed by atoms with Gasteiger partial charge in [0.05, 0.1) is 11.8 Å². The van der Waals surface area contributed by atoms with Crippen LogP contribution in [0.3, 0.4) is 0 Å². The smallest absolute Gasteiger partial charge is 0.209 e. The van der Waals surface area contributed by atoms with Crippen molar-refractivity contribution in [3.05, 3.63) is 46.0 Å². The second-order valence-electron chi connectivity index (χ2n) is 3.17. The van der Waals surface area contributed by atoms with Crippen LogP contribution in [0.5, 0.6) is 0 Å². The number of benzene rings is 1. The SMILES string of the molecule is Cc1ccc(C(=O)c2cnns2)c(F)c1F. The van der Waals surface area contributed by atoms with E-state index >= 15 is 0 Å². The van der Waals surface area contributed by atoms with Crippen molar-refractivity contribution in [1.82, 2.24) is 9.59 Å². The van der Waals surface area contributed by atoms with E-state index in [0.717, 1.165) is 11.5 Å². The third-order valence-corrected chi connectivity index (χ3v) is 2.77. The van der Waals surface area contributed by atoms with Gasteiger partial charge in [0.25, 0.3) is 0 Å². The molecular formula is C10H6F2N2OS. The Bertz CT molecular complexity index is 540. The summed E-state index contributed by atoms with van der Waals surface area (Å²) in [6.45, 7) is 1.43. The van der Waals surface area contributed by atoms with E-state index in [1.54, 1.807) is 0 Å². The van der Waals surface area contributed by atoms with Crippen molar-refractivity contribution in [2.75, 3.05) is 0 Å². The summed E-state index contributed by atoms with van der Waals surface area (Å²) in [5.74, 6) is -2.73. The van der Waals surface area contributed by atoms with Gasteiger partial charge >= 0.3 is 0 Å². The molecule has 0 aliphatic rings. The van der Waals surface area contributed by atoms with E-state index in [4.69, 9.17) is 0 Å². The normalized spacial score (nSPS) is 10.4. The molecule has 0 amide bonds. The van der Waals surface area contributed by atoms with Gasteiger partial charge in [-0.3, -0.25) is 4.79 Å². The largest absolute Gasteiger partial charge is 0.287 e. The van der Waals surface area contributed by atoms with Gasteiger partial charge in [-0.2, -0.15) is 0 Å². The summed E-state index contributed by atoms with van der Waals surface area (Å²) in [6, 6.07) is 2.62. The number of nitrogens with zero attached hydrogens (tertiary/aromatic N) is 2. The molecule has 6 heteroatoms. The van der Waals surface area contributed by atoms with Crippen LogP contribution in [0.15, 0.2) is 18.3 Å². The average Bonchev–Trinajstić information content (AvgIpc) is 2.79. The van der Waals surface area contributed by atoms with Gasteiger partial charge in [-0.05, 0) is 30.1 Å². The molecule has 2 aromatic rings. The lowest BCUT2D eigenvalue weighted by atomic mass is 10.1. The number of hydrogen-bond acceptors (Lipinski definition) is 4.